The minimum Gasteiger partial charge on any atom is -0.296 e. The van der Waals surface area contributed by atoms with Gasteiger partial charge in [0.25, 0.3) is 0 Å². The number of carbonyl (C=O) groups is 1. The van der Waals surface area contributed by atoms with Crippen molar-refractivity contribution in [2.75, 3.05) is 0 Å². The molecule has 1 aromatic heterocycles. The highest BCUT2D eigenvalue weighted by Crippen LogP contribution is 2.14. The van der Waals surface area contributed by atoms with E-state index in [-0.39, 0.29) is 5.69 Å². The lowest BCUT2D eigenvalue weighted by atomic mass is 10.2. The number of nitrogens with zero attached hydrogens (tertiary/aromatic N) is 1. The zero-order chi connectivity index (χ0) is 8.27. The van der Waals surface area contributed by atoms with E-state index in [1.54, 1.807) is 12.1 Å². The van der Waals surface area contributed by atoms with Crippen LogP contribution in [0, 0.1) is 0 Å². The van der Waals surface area contributed by atoms with E-state index in [0.717, 1.165) is 0 Å². The van der Waals surface area contributed by atoms with Gasteiger partial charge in [-0.05, 0) is 19.1 Å². The van der Waals surface area contributed by atoms with Crippen LogP contribution in [0.4, 0.5) is 4.39 Å². The fraction of sp³-hybridized carbons (Fsp3) is 0.250. The maximum Gasteiger partial charge on any atom is 0.199 e. The Morgan fingerprint density at radius 2 is 2.36 bits per heavy atom. The first-order chi connectivity index (χ1) is 5.22. The number of hydrogen-bond acceptors (Lipinski definition) is 2. The molecule has 0 fully saturated rings. The monoisotopic (exact) mass is 153 g/mol. The van der Waals surface area contributed by atoms with Crippen molar-refractivity contribution in [3.05, 3.63) is 30.1 Å². The van der Waals surface area contributed by atoms with Crippen LogP contribution in [0.3, 0.4) is 0 Å². The lowest BCUT2D eigenvalue weighted by molar-refractivity contribution is -0.121. The summed E-state index contributed by atoms with van der Waals surface area (Å²) in [5, 5.41) is 0. The topological polar surface area (TPSA) is 30.0 Å². The summed E-state index contributed by atoms with van der Waals surface area (Å²) in [5.74, 6) is -0.510. The minimum atomic E-state index is -1.57. The molecule has 0 aliphatic rings. The smallest absolute Gasteiger partial charge is 0.199 e. The normalized spacial score (nSPS) is 12.5. The van der Waals surface area contributed by atoms with E-state index in [1.807, 2.05) is 0 Å². The Morgan fingerprint density at radius 1 is 1.64 bits per heavy atom. The first-order valence-corrected chi connectivity index (χ1v) is 3.27. The molecule has 0 amide bonds. The van der Waals surface area contributed by atoms with Gasteiger partial charge in [-0.1, -0.05) is 6.07 Å². The lowest BCUT2D eigenvalue weighted by Crippen LogP contribution is -2.03. The number of halogens is 1. The Hall–Kier alpha value is -1.25. The number of Topliss-reactive ketones (excluding diaryl/α,β-unsaturated/α-hetero) is 1. The van der Waals surface area contributed by atoms with E-state index < -0.39 is 12.0 Å². The van der Waals surface area contributed by atoms with E-state index >= 15 is 0 Å². The summed E-state index contributed by atoms with van der Waals surface area (Å²) < 4.78 is 12.8. The highest BCUT2D eigenvalue weighted by Gasteiger charge is 2.14. The average molecular weight is 153 g/mol. The van der Waals surface area contributed by atoms with Gasteiger partial charge in [-0.15, -0.1) is 0 Å². The Bertz CT molecular complexity index is 248. The molecule has 0 bridgehead atoms. The van der Waals surface area contributed by atoms with Crippen LogP contribution in [0.2, 0.25) is 0 Å². The van der Waals surface area contributed by atoms with Gasteiger partial charge in [0.1, 0.15) is 0 Å². The number of aromatic nitrogens is 1. The SMILES string of the molecule is CC(=O)C(F)c1ccccn1. The number of rotatable bonds is 2. The van der Waals surface area contributed by atoms with Gasteiger partial charge in [0.15, 0.2) is 12.0 Å². The van der Waals surface area contributed by atoms with Crippen LogP contribution in [-0.4, -0.2) is 10.8 Å². The summed E-state index contributed by atoms with van der Waals surface area (Å²) in [6.07, 6.45) is -0.110. The van der Waals surface area contributed by atoms with Gasteiger partial charge in [-0.2, -0.15) is 0 Å². The van der Waals surface area contributed by atoms with Crippen LogP contribution in [0.5, 0.6) is 0 Å². The van der Waals surface area contributed by atoms with Crippen LogP contribution >= 0.6 is 0 Å². The summed E-state index contributed by atoms with van der Waals surface area (Å²) in [6, 6.07) is 4.82. The number of hydrogen-bond donors (Lipinski definition) is 0. The van der Waals surface area contributed by atoms with Crippen molar-refractivity contribution >= 4 is 5.78 Å². The van der Waals surface area contributed by atoms with E-state index in [4.69, 9.17) is 0 Å². The van der Waals surface area contributed by atoms with Crippen LogP contribution < -0.4 is 0 Å². The Balaban J connectivity index is 2.85. The number of alkyl halides is 1. The quantitative estimate of drug-likeness (QED) is 0.647. The molecule has 0 N–H and O–H groups in total. The molecular weight excluding hydrogens is 145 g/mol. The second kappa shape index (κ2) is 3.23. The molecule has 1 atom stereocenters. The van der Waals surface area contributed by atoms with Crippen molar-refractivity contribution in [2.24, 2.45) is 0 Å². The van der Waals surface area contributed by atoms with Crippen molar-refractivity contribution in [2.45, 2.75) is 13.1 Å². The van der Waals surface area contributed by atoms with Gasteiger partial charge in [-0.3, -0.25) is 9.78 Å². The van der Waals surface area contributed by atoms with Gasteiger partial charge in [0.05, 0.1) is 5.69 Å². The Labute approximate surface area is 64.1 Å². The van der Waals surface area contributed by atoms with E-state index in [0.29, 0.717) is 0 Å². The van der Waals surface area contributed by atoms with Crippen molar-refractivity contribution in [3.63, 3.8) is 0 Å². The van der Waals surface area contributed by atoms with Gasteiger partial charge in [0, 0.05) is 6.20 Å². The standard InChI is InChI=1S/C8H8FNO/c1-6(11)8(9)7-4-2-3-5-10-7/h2-5,8H,1H3. The molecule has 0 aromatic carbocycles. The maximum absolute atomic E-state index is 12.8. The second-order valence-electron chi connectivity index (χ2n) is 2.23. The molecule has 0 saturated carbocycles. The highest BCUT2D eigenvalue weighted by atomic mass is 19.1. The third-order valence-corrected chi connectivity index (χ3v) is 1.30. The summed E-state index contributed by atoms with van der Waals surface area (Å²) in [7, 11) is 0. The zero-order valence-electron chi connectivity index (χ0n) is 6.12. The van der Waals surface area contributed by atoms with E-state index in [1.165, 1.54) is 19.2 Å². The molecule has 3 heteroatoms. The van der Waals surface area contributed by atoms with Crippen LogP contribution in [-0.2, 0) is 4.79 Å². The van der Waals surface area contributed by atoms with Crippen LogP contribution in [0.1, 0.15) is 18.8 Å². The van der Waals surface area contributed by atoms with Gasteiger partial charge in [0.2, 0.25) is 0 Å². The Morgan fingerprint density at radius 3 is 2.82 bits per heavy atom. The molecule has 0 spiro atoms. The molecule has 11 heavy (non-hydrogen) atoms. The number of ketones is 1. The van der Waals surface area contributed by atoms with Gasteiger partial charge >= 0.3 is 0 Å². The molecule has 0 radical (unpaired) electrons. The summed E-state index contributed by atoms with van der Waals surface area (Å²) >= 11 is 0. The molecule has 1 unspecified atom stereocenters. The molecule has 0 aliphatic heterocycles. The van der Waals surface area contributed by atoms with Crippen molar-refractivity contribution in [1.29, 1.82) is 0 Å². The van der Waals surface area contributed by atoms with Gasteiger partial charge < -0.3 is 0 Å². The molecule has 58 valence electrons. The predicted octanol–water partition coefficient (Wildman–Crippen LogP) is 1.68. The molecule has 2 nitrogen and oxygen atoms in total. The van der Waals surface area contributed by atoms with Crippen LogP contribution in [0.15, 0.2) is 24.4 Å². The van der Waals surface area contributed by atoms with Gasteiger partial charge in [-0.25, -0.2) is 4.39 Å². The summed E-state index contributed by atoms with van der Waals surface area (Å²) in [6.45, 7) is 1.21. The van der Waals surface area contributed by atoms with Crippen LogP contribution in [0.25, 0.3) is 0 Å². The third-order valence-electron chi connectivity index (χ3n) is 1.30. The fourth-order valence-electron chi connectivity index (χ4n) is 0.734. The molecule has 1 rings (SSSR count). The predicted molar refractivity (Wildman–Crippen MR) is 38.8 cm³/mol. The highest BCUT2D eigenvalue weighted by molar-refractivity contribution is 5.81. The molecular formula is C8H8FNO. The lowest BCUT2D eigenvalue weighted by Gasteiger charge is -2.00. The molecule has 1 heterocycles. The van der Waals surface area contributed by atoms with E-state index in [9.17, 15) is 9.18 Å². The maximum atomic E-state index is 12.8. The molecule has 0 saturated heterocycles. The first kappa shape index (κ1) is 7.85. The Kier molecular flexibility index (Phi) is 2.31. The van der Waals surface area contributed by atoms with Crippen molar-refractivity contribution in [1.82, 2.24) is 4.98 Å². The average Bonchev–Trinajstić information content (AvgIpc) is 2.05. The minimum absolute atomic E-state index is 0.181. The van der Waals surface area contributed by atoms with Crippen molar-refractivity contribution in [3.8, 4) is 0 Å². The third kappa shape index (κ3) is 1.83. The largest absolute Gasteiger partial charge is 0.296 e. The second-order valence-corrected chi connectivity index (χ2v) is 2.23. The first-order valence-electron chi connectivity index (χ1n) is 3.27. The fourth-order valence-corrected chi connectivity index (χ4v) is 0.734. The molecule has 1 aromatic rings. The van der Waals surface area contributed by atoms with E-state index in [2.05, 4.69) is 4.98 Å². The molecule has 0 aliphatic carbocycles. The summed E-state index contributed by atoms with van der Waals surface area (Å²) in [4.78, 5) is 14.2. The number of pyridine rings is 1. The zero-order valence-corrected chi connectivity index (χ0v) is 6.12. The number of carbonyl (C=O) groups excluding carboxylic acids is 1. The summed E-state index contributed by atoms with van der Waals surface area (Å²) in [5.41, 5.74) is 0.181. The van der Waals surface area contributed by atoms with Crippen molar-refractivity contribution < 1.29 is 9.18 Å².